The summed E-state index contributed by atoms with van der Waals surface area (Å²) in [7, 11) is 0. The topological polar surface area (TPSA) is 110 Å². The summed E-state index contributed by atoms with van der Waals surface area (Å²) in [6.07, 6.45) is 0.469. The second-order valence-electron chi connectivity index (χ2n) is 13.0. The highest BCUT2D eigenvalue weighted by molar-refractivity contribution is 6.01. The third-order valence-electron chi connectivity index (χ3n) is 7.79. The van der Waals surface area contributed by atoms with Crippen LogP contribution in [-0.2, 0) is 4.74 Å². The second kappa shape index (κ2) is 15.4. The summed E-state index contributed by atoms with van der Waals surface area (Å²) >= 11 is 0. The van der Waals surface area contributed by atoms with Gasteiger partial charge in [0.15, 0.2) is 6.10 Å². The zero-order valence-corrected chi connectivity index (χ0v) is 28.8. The molecule has 1 aliphatic rings. The third kappa shape index (κ3) is 8.67. The van der Waals surface area contributed by atoms with Crippen molar-refractivity contribution in [2.45, 2.75) is 66.2 Å². The summed E-state index contributed by atoms with van der Waals surface area (Å²) in [5.41, 5.74) is 0.313. The van der Waals surface area contributed by atoms with E-state index in [1.54, 1.807) is 44.9 Å². The average molecular weight is 707 g/mol. The molecule has 0 bridgehead atoms. The van der Waals surface area contributed by atoms with Crippen molar-refractivity contribution in [1.29, 1.82) is 0 Å². The minimum atomic E-state index is -2.41. The number of pyridine rings is 1. The number of nitrogens with one attached hydrogen (secondary N) is 1. The Morgan fingerprint density at radius 3 is 2.16 bits per heavy atom. The van der Waals surface area contributed by atoms with Crippen molar-refractivity contribution in [3.8, 4) is 11.5 Å². The van der Waals surface area contributed by atoms with Crippen LogP contribution in [0.15, 0.2) is 30.5 Å². The van der Waals surface area contributed by atoms with Crippen LogP contribution in [0.5, 0.6) is 11.5 Å². The van der Waals surface area contributed by atoms with Gasteiger partial charge in [-0.15, -0.1) is 0 Å². The Kier molecular flexibility index (Phi) is 11.7. The van der Waals surface area contributed by atoms with E-state index in [0.29, 0.717) is 25.3 Å². The van der Waals surface area contributed by atoms with Gasteiger partial charge in [-0.2, -0.15) is 8.78 Å². The zero-order chi connectivity index (χ0) is 37.1. The minimum absolute atomic E-state index is 0.0223. The maximum Gasteiger partial charge on any atom is 0.410 e. The Balaban J connectivity index is 1.66. The van der Waals surface area contributed by atoms with Crippen molar-refractivity contribution >= 4 is 18.0 Å². The number of aryl methyl sites for hydroxylation is 2. The normalized spacial score (nSPS) is 15.8. The molecule has 1 aliphatic heterocycles. The average Bonchev–Trinajstić information content (AvgIpc) is 3.04. The summed E-state index contributed by atoms with van der Waals surface area (Å²) in [5.74, 6) is -15.5. The number of hydrogen-bond donors (Lipinski definition) is 1. The van der Waals surface area contributed by atoms with Crippen LogP contribution in [0.1, 0.15) is 78.3 Å². The van der Waals surface area contributed by atoms with Gasteiger partial charge in [0.1, 0.15) is 11.4 Å². The maximum absolute atomic E-state index is 14.3. The fourth-order valence-electron chi connectivity index (χ4n) is 5.29. The molecule has 0 radical (unpaired) electrons. The molecule has 10 nitrogen and oxygen atoms in total. The highest BCUT2D eigenvalue weighted by atomic mass is 19.2. The number of hydrogen-bond acceptors (Lipinski definition) is 8. The Morgan fingerprint density at radius 1 is 0.960 bits per heavy atom. The number of ether oxygens (including phenoxy) is 3. The molecular formula is C35H39F5N4O6. The Hall–Kier alpha value is -4.79. The molecule has 0 unspecified atom stereocenters. The van der Waals surface area contributed by atoms with E-state index in [0.717, 1.165) is 11.6 Å². The molecule has 2 aromatic carbocycles. The number of carbonyl (C=O) groups excluding carboxylic acids is 3. The predicted molar refractivity (Wildman–Crippen MR) is 172 cm³/mol. The smallest absolute Gasteiger partial charge is 0.410 e. The molecule has 1 aromatic heterocycles. The van der Waals surface area contributed by atoms with Crippen LogP contribution in [0.25, 0.3) is 0 Å². The second-order valence-corrected chi connectivity index (χ2v) is 13.0. The summed E-state index contributed by atoms with van der Waals surface area (Å²) in [5, 5.41) is 2.61. The molecule has 0 saturated carbocycles. The fourth-order valence-corrected chi connectivity index (χ4v) is 5.29. The van der Waals surface area contributed by atoms with E-state index in [9.17, 15) is 36.3 Å². The van der Waals surface area contributed by atoms with Crippen LogP contribution in [0.3, 0.4) is 0 Å². The van der Waals surface area contributed by atoms with Gasteiger partial charge in [-0.25, -0.2) is 22.8 Å². The van der Waals surface area contributed by atoms with Crippen molar-refractivity contribution in [2.75, 3.05) is 32.7 Å². The molecule has 2 amide bonds. The standard InChI is InChI=1S/C35H39F5N4O6/c1-8-41-32(45)22-14-21(33(46)49-31-29(39)27(37)26(36)28(38)30(31)40)19(3)13-24(22)48-25(23-10-9-18(2)15-42-23)17-43-11-12-44(20(4)16-43)34(47)50-35(5,6)7/h9-10,13-15,20,25H,8,11-12,16-17H2,1-7H3,(H,41,45)/t20-,25-/m1/s1. The molecular weight excluding hydrogens is 667 g/mol. The maximum atomic E-state index is 14.3. The number of rotatable bonds is 9. The van der Waals surface area contributed by atoms with Crippen LogP contribution in [0.2, 0.25) is 0 Å². The minimum Gasteiger partial charge on any atom is -0.482 e. The lowest BCUT2D eigenvalue weighted by Crippen LogP contribution is -2.55. The van der Waals surface area contributed by atoms with Gasteiger partial charge in [0.05, 0.1) is 16.8 Å². The van der Waals surface area contributed by atoms with Gasteiger partial charge in [0.25, 0.3) is 5.91 Å². The van der Waals surface area contributed by atoms with E-state index in [-0.39, 0.29) is 41.6 Å². The lowest BCUT2D eigenvalue weighted by molar-refractivity contribution is -0.00317. The van der Waals surface area contributed by atoms with E-state index in [2.05, 4.69) is 19.9 Å². The number of piperazine rings is 1. The van der Waals surface area contributed by atoms with Gasteiger partial charge in [-0.3, -0.25) is 14.7 Å². The monoisotopic (exact) mass is 706 g/mol. The highest BCUT2D eigenvalue weighted by Crippen LogP contribution is 2.33. The molecule has 0 aliphatic carbocycles. The molecule has 0 spiro atoms. The van der Waals surface area contributed by atoms with Gasteiger partial charge < -0.3 is 24.4 Å². The Bertz CT molecular complexity index is 1740. The number of halogens is 5. The van der Waals surface area contributed by atoms with Gasteiger partial charge in [0, 0.05) is 45.0 Å². The number of nitrogens with zero attached hydrogens (tertiary/aromatic N) is 3. The molecule has 2 atom stereocenters. The van der Waals surface area contributed by atoms with Gasteiger partial charge in [0.2, 0.25) is 34.8 Å². The van der Waals surface area contributed by atoms with Crippen LogP contribution in [0, 0.1) is 42.9 Å². The third-order valence-corrected chi connectivity index (χ3v) is 7.79. The van der Waals surface area contributed by atoms with E-state index >= 15 is 0 Å². The number of aromatic nitrogens is 1. The molecule has 2 heterocycles. The molecule has 15 heteroatoms. The molecule has 270 valence electrons. The van der Waals surface area contributed by atoms with E-state index in [1.165, 1.54) is 13.0 Å². The summed E-state index contributed by atoms with van der Waals surface area (Å²) in [6, 6.07) is 5.81. The summed E-state index contributed by atoms with van der Waals surface area (Å²) in [4.78, 5) is 47.4. The first-order chi connectivity index (χ1) is 23.4. The molecule has 3 aromatic rings. The fraction of sp³-hybridized carbons (Fsp3) is 0.429. The molecule has 1 N–H and O–H groups in total. The van der Waals surface area contributed by atoms with Gasteiger partial charge in [-0.05, 0) is 77.8 Å². The van der Waals surface area contributed by atoms with Gasteiger partial charge in [-0.1, -0.05) is 6.07 Å². The molecule has 50 heavy (non-hydrogen) atoms. The molecule has 4 rings (SSSR count). The number of esters is 1. The SMILES string of the molecule is CCNC(=O)c1cc(C(=O)Oc2c(F)c(F)c(F)c(F)c2F)c(C)cc1O[C@H](CN1CCN(C(=O)OC(C)(C)C)[C@H](C)C1)c1ccc(C)cn1. The molecule has 1 fully saturated rings. The van der Waals surface area contributed by atoms with E-state index in [4.69, 9.17) is 9.47 Å². The van der Waals surface area contributed by atoms with Crippen molar-refractivity contribution in [2.24, 2.45) is 0 Å². The van der Waals surface area contributed by atoms with E-state index in [1.807, 2.05) is 19.9 Å². The van der Waals surface area contributed by atoms with Crippen LogP contribution >= 0.6 is 0 Å². The summed E-state index contributed by atoms with van der Waals surface area (Å²) < 4.78 is 86.4. The van der Waals surface area contributed by atoms with Crippen LogP contribution in [-0.4, -0.2) is 77.1 Å². The lowest BCUT2D eigenvalue weighted by atomic mass is 10.0. The van der Waals surface area contributed by atoms with Gasteiger partial charge >= 0.3 is 12.1 Å². The lowest BCUT2D eigenvalue weighted by Gasteiger charge is -2.41. The van der Waals surface area contributed by atoms with Crippen LogP contribution in [0.4, 0.5) is 26.7 Å². The van der Waals surface area contributed by atoms with Crippen molar-refractivity contribution < 1.29 is 50.5 Å². The molecule has 1 saturated heterocycles. The zero-order valence-electron chi connectivity index (χ0n) is 28.8. The van der Waals surface area contributed by atoms with Crippen molar-refractivity contribution in [1.82, 2.24) is 20.1 Å². The quantitative estimate of drug-likeness (QED) is 0.0893. The predicted octanol–water partition coefficient (Wildman–Crippen LogP) is 6.42. The first-order valence-corrected chi connectivity index (χ1v) is 15.9. The Labute approximate surface area is 286 Å². The van der Waals surface area contributed by atoms with Crippen LogP contribution < -0.4 is 14.8 Å². The van der Waals surface area contributed by atoms with Crippen molar-refractivity contribution in [3.05, 3.63) is 87.5 Å². The van der Waals surface area contributed by atoms with Crippen molar-refractivity contribution in [3.63, 3.8) is 0 Å². The Morgan fingerprint density at radius 2 is 1.60 bits per heavy atom. The largest absolute Gasteiger partial charge is 0.482 e. The van der Waals surface area contributed by atoms with E-state index < -0.39 is 64.5 Å². The number of amides is 2. The first kappa shape index (κ1) is 38.0. The first-order valence-electron chi connectivity index (χ1n) is 15.9. The summed E-state index contributed by atoms with van der Waals surface area (Å²) in [6.45, 7) is 14.0. The number of carbonyl (C=O) groups is 3. The highest BCUT2D eigenvalue weighted by Gasteiger charge is 2.34. The number of benzene rings is 2.